The first-order valence-electron chi connectivity index (χ1n) is 11.8. The van der Waals surface area contributed by atoms with E-state index in [1.54, 1.807) is 11.9 Å². The van der Waals surface area contributed by atoms with E-state index in [0.29, 0.717) is 37.7 Å². The van der Waals surface area contributed by atoms with Gasteiger partial charge in [0.05, 0.1) is 5.69 Å². The number of carbonyl (C=O) groups is 1. The smallest absolute Gasteiger partial charge is 0.264 e. The maximum absolute atomic E-state index is 12.2. The van der Waals surface area contributed by atoms with Gasteiger partial charge in [0.15, 0.2) is 6.61 Å². The zero-order valence-electron chi connectivity index (χ0n) is 20.1. The van der Waals surface area contributed by atoms with Gasteiger partial charge in [0.25, 0.3) is 5.91 Å². The van der Waals surface area contributed by atoms with E-state index in [1.807, 2.05) is 48.5 Å². The van der Waals surface area contributed by atoms with Gasteiger partial charge in [0, 0.05) is 56.3 Å². The minimum atomic E-state index is -3.36. The largest absolute Gasteiger partial charge is 0.466 e. The number of sulfonamides is 1. The van der Waals surface area contributed by atoms with Crippen LogP contribution in [0.5, 0.6) is 5.88 Å². The van der Waals surface area contributed by atoms with Gasteiger partial charge in [-0.15, -0.1) is 0 Å². The van der Waals surface area contributed by atoms with Gasteiger partial charge >= 0.3 is 0 Å². The summed E-state index contributed by atoms with van der Waals surface area (Å²) < 4.78 is 31.1. The van der Waals surface area contributed by atoms with Crippen LogP contribution >= 0.6 is 0 Å². The molecule has 9 heteroatoms. The van der Waals surface area contributed by atoms with Crippen molar-refractivity contribution in [2.75, 3.05) is 44.7 Å². The number of benzene rings is 2. The predicted octanol–water partition coefficient (Wildman–Crippen LogP) is 3.36. The Hall–Kier alpha value is -3.53. The van der Waals surface area contributed by atoms with E-state index >= 15 is 0 Å². The van der Waals surface area contributed by atoms with Crippen molar-refractivity contribution >= 4 is 21.6 Å². The average Bonchev–Trinajstić information content (AvgIpc) is 2.91. The summed E-state index contributed by atoms with van der Waals surface area (Å²) in [5.74, 6) is 0.339. The molecule has 36 heavy (non-hydrogen) atoms. The normalized spacial score (nSPS) is 16.9. The third kappa shape index (κ3) is 4.77. The summed E-state index contributed by atoms with van der Waals surface area (Å²) >= 11 is 0. The van der Waals surface area contributed by atoms with Crippen LogP contribution in [0.4, 0.5) is 5.69 Å². The molecular weight excluding hydrogens is 476 g/mol. The quantitative estimate of drug-likeness (QED) is 0.512. The molecule has 0 atom stereocenters. The molecule has 1 saturated heterocycles. The third-order valence-corrected chi connectivity index (χ3v) is 8.16. The van der Waals surface area contributed by atoms with Crippen LogP contribution in [0, 0.1) is 0 Å². The standard InChI is InChI=1S/C27H28N4O4S/c1-3-36(33,34)31-15-13-30(14-16-31)18-20-9-11-22(12-10-20)26-23(21-7-5-4-6-8-21)17-24-27(28-26)35-19-25(32)29(24)2/h3-12,17H,1,13-16,18-19H2,2H3. The van der Waals surface area contributed by atoms with E-state index in [2.05, 4.69) is 23.6 Å². The molecule has 2 aliphatic rings. The van der Waals surface area contributed by atoms with Gasteiger partial charge in [0.1, 0.15) is 5.69 Å². The number of likely N-dealkylation sites (N-methyl/N-ethyl adjacent to an activating group) is 1. The molecule has 0 bridgehead atoms. The van der Waals surface area contributed by atoms with Crippen LogP contribution in [0.1, 0.15) is 5.56 Å². The highest BCUT2D eigenvalue weighted by Crippen LogP contribution is 2.39. The van der Waals surface area contributed by atoms with E-state index in [4.69, 9.17) is 9.72 Å². The summed E-state index contributed by atoms with van der Waals surface area (Å²) in [5, 5.41) is 1.01. The molecule has 0 aliphatic carbocycles. The first-order valence-corrected chi connectivity index (χ1v) is 13.3. The molecule has 186 valence electrons. The average molecular weight is 505 g/mol. The number of amides is 1. The Kier molecular flexibility index (Phi) is 6.61. The van der Waals surface area contributed by atoms with Crippen LogP contribution in [0.3, 0.4) is 0 Å². The molecule has 3 aromatic rings. The van der Waals surface area contributed by atoms with Gasteiger partial charge in [-0.2, -0.15) is 4.31 Å². The number of piperazine rings is 1. The van der Waals surface area contributed by atoms with Gasteiger partial charge in [-0.1, -0.05) is 61.2 Å². The highest BCUT2D eigenvalue weighted by molar-refractivity contribution is 7.92. The fourth-order valence-electron chi connectivity index (χ4n) is 4.53. The van der Waals surface area contributed by atoms with Crippen LogP contribution in [-0.2, 0) is 21.4 Å². The fourth-order valence-corrected chi connectivity index (χ4v) is 5.41. The van der Waals surface area contributed by atoms with Gasteiger partial charge in [-0.3, -0.25) is 9.69 Å². The maximum atomic E-state index is 12.2. The Morgan fingerprint density at radius 1 is 1.00 bits per heavy atom. The second-order valence-corrected chi connectivity index (χ2v) is 10.8. The third-order valence-electron chi connectivity index (χ3n) is 6.66. The first-order chi connectivity index (χ1) is 17.4. The number of hydrogen-bond acceptors (Lipinski definition) is 6. The maximum Gasteiger partial charge on any atom is 0.264 e. The van der Waals surface area contributed by atoms with Crippen molar-refractivity contribution in [2.45, 2.75) is 6.54 Å². The topological polar surface area (TPSA) is 83.1 Å². The number of nitrogens with zero attached hydrogens (tertiary/aromatic N) is 4. The Bertz CT molecular complexity index is 1380. The SMILES string of the molecule is C=CS(=O)(=O)N1CCN(Cc2ccc(-c3nc4c(cc3-c3ccccc3)N(C)C(=O)CO4)cc2)CC1. The molecule has 2 aliphatic heterocycles. The number of pyridine rings is 1. The zero-order chi connectivity index (χ0) is 25.3. The lowest BCUT2D eigenvalue weighted by atomic mass is 9.97. The summed E-state index contributed by atoms with van der Waals surface area (Å²) in [7, 11) is -1.63. The van der Waals surface area contributed by atoms with E-state index < -0.39 is 10.0 Å². The minimum Gasteiger partial charge on any atom is -0.466 e. The minimum absolute atomic E-state index is 0.0269. The van der Waals surface area contributed by atoms with Crippen molar-refractivity contribution in [3.8, 4) is 28.3 Å². The molecule has 0 radical (unpaired) electrons. The molecule has 8 nitrogen and oxygen atoms in total. The van der Waals surface area contributed by atoms with Crippen LogP contribution in [0.25, 0.3) is 22.4 Å². The number of anilines is 1. The first kappa shape index (κ1) is 24.2. The molecule has 1 amide bonds. The highest BCUT2D eigenvalue weighted by atomic mass is 32.2. The molecule has 0 unspecified atom stereocenters. The Labute approximate surface area is 211 Å². The van der Waals surface area contributed by atoms with Gasteiger partial charge in [-0.25, -0.2) is 13.4 Å². The fraction of sp³-hybridized carbons (Fsp3) is 0.259. The number of hydrogen-bond donors (Lipinski definition) is 0. The van der Waals surface area contributed by atoms with Crippen molar-refractivity contribution in [3.05, 3.63) is 78.2 Å². The van der Waals surface area contributed by atoms with Gasteiger partial charge < -0.3 is 9.64 Å². The van der Waals surface area contributed by atoms with Crippen LogP contribution in [0.2, 0.25) is 0 Å². The predicted molar refractivity (Wildman–Crippen MR) is 140 cm³/mol. The molecule has 0 spiro atoms. The molecule has 3 heterocycles. The van der Waals surface area contributed by atoms with E-state index in [-0.39, 0.29) is 12.5 Å². The molecule has 1 fully saturated rings. The zero-order valence-corrected chi connectivity index (χ0v) is 20.9. The number of ether oxygens (including phenoxy) is 1. The summed E-state index contributed by atoms with van der Waals surface area (Å²) in [6.45, 7) is 6.38. The number of carbonyl (C=O) groups excluding carboxylic acids is 1. The van der Waals surface area contributed by atoms with E-state index in [1.165, 1.54) is 4.31 Å². The Morgan fingerprint density at radius 2 is 1.69 bits per heavy atom. The van der Waals surface area contributed by atoms with Gasteiger partial charge in [0.2, 0.25) is 15.9 Å². The molecule has 0 saturated carbocycles. The van der Waals surface area contributed by atoms with Crippen molar-refractivity contribution in [1.82, 2.24) is 14.2 Å². The molecule has 0 N–H and O–H groups in total. The summed E-state index contributed by atoms with van der Waals surface area (Å²) in [5.41, 5.74) is 5.46. The van der Waals surface area contributed by atoms with Gasteiger partial charge in [-0.05, 0) is 17.2 Å². The van der Waals surface area contributed by atoms with Crippen molar-refractivity contribution in [3.63, 3.8) is 0 Å². The van der Waals surface area contributed by atoms with Crippen molar-refractivity contribution < 1.29 is 17.9 Å². The summed E-state index contributed by atoms with van der Waals surface area (Å²) in [6.07, 6.45) is 0. The van der Waals surface area contributed by atoms with Crippen LogP contribution < -0.4 is 9.64 Å². The number of rotatable bonds is 6. The highest BCUT2D eigenvalue weighted by Gasteiger charge is 2.27. The monoisotopic (exact) mass is 504 g/mol. The Morgan fingerprint density at radius 3 is 2.36 bits per heavy atom. The van der Waals surface area contributed by atoms with E-state index in [0.717, 1.165) is 39.9 Å². The van der Waals surface area contributed by atoms with Crippen molar-refractivity contribution in [1.29, 1.82) is 0 Å². The number of fused-ring (bicyclic) bond motifs is 1. The lowest BCUT2D eigenvalue weighted by Crippen LogP contribution is -2.47. The van der Waals surface area contributed by atoms with E-state index in [9.17, 15) is 13.2 Å². The van der Waals surface area contributed by atoms with Crippen LogP contribution in [0.15, 0.2) is 72.7 Å². The van der Waals surface area contributed by atoms with Crippen LogP contribution in [-0.4, -0.2) is 68.3 Å². The molecule has 1 aromatic heterocycles. The summed E-state index contributed by atoms with van der Waals surface area (Å²) in [6, 6.07) is 20.2. The molecule has 5 rings (SSSR count). The lowest BCUT2D eigenvalue weighted by molar-refractivity contribution is -0.121. The molecule has 2 aromatic carbocycles. The second-order valence-electron chi connectivity index (χ2n) is 8.90. The lowest BCUT2D eigenvalue weighted by Gasteiger charge is -2.33. The molecular formula is C27H28N4O4S. The van der Waals surface area contributed by atoms with Crippen molar-refractivity contribution in [2.24, 2.45) is 0 Å². The second kappa shape index (κ2) is 9.85. The number of aromatic nitrogens is 1. The summed E-state index contributed by atoms with van der Waals surface area (Å²) in [4.78, 5) is 20.8. The Balaban J connectivity index is 1.39.